The molecule has 3 rings (SSSR count). The molecule has 2 fully saturated rings. The fraction of sp³-hybridized carbons (Fsp3) is 0.591. The van der Waals surface area contributed by atoms with E-state index in [4.69, 9.17) is 15.0 Å². The minimum absolute atomic E-state index is 0.0561. The van der Waals surface area contributed by atoms with Gasteiger partial charge < -0.3 is 9.47 Å². The number of carbonyl (C=O) groups is 2. The van der Waals surface area contributed by atoms with E-state index in [-0.39, 0.29) is 30.2 Å². The number of ether oxygens (including phenoxy) is 2. The van der Waals surface area contributed by atoms with Crippen molar-refractivity contribution < 1.29 is 19.1 Å². The Balaban J connectivity index is 1.82. The maximum Gasteiger partial charge on any atom is 0.411 e. The van der Waals surface area contributed by atoms with Gasteiger partial charge in [0.1, 0.15) is 10.2 Å². The second-order valence-corrected chi connectivity index (χ2v) is 10.1. The van der Waals surface area contributed by atoms with Crippen LogP contribution in [-0.2, 0) is 27.3 Å². The SMILES string of the molecule is C=CCOCc1ccc(Br)nc1CC(=O)[C@@H]1CC2(CN=[N+]=[N-])CC2N1C(=O)OC(C)(C)C. The number of piperidine rings is 1. The predicted molar refractivity (Wildman–Crippen MR) is 122 cm³/mol. The van der Waals surface area contributed by atoms with Gasteiger partial charge in [0.25, 0.3) is 0 Å². The first kappa shape index (κ1) is 24.2. The molecule has 2 unspecified atom stereocenters. The van der Waals surface area contributed by atoms with E-state index < -0.39 is 17.7 Å². The van der Waals surface area contributed by atoms with Gasteiger partial charge in [-0.15, -0.1) is 6.58 Å². The molecule has 0 aromatic carbocycles. The summed E-state index contributed by atoms with van der Waals surface area (Å²) in [5, 5.41) is 3.73. The van der Waals surface area contributed by atoms with Crippen molar-refractivity contribution in [1.82, 2.24) is 9.88 Å². The molecule has 172 valence electrons. The number of hydrogen-bond acceptors (Lipinski definition) is 6. The third kappa shape index (κ3) is 5.49. The fourth-order valence-corrected chi connectivity index (χ4v) is 4.55. The van der Waals surface area contributed by atoms with E-state index in [2.05, 4.69) is 37.5 Å². The number of likely N-dealkylation sites (tertiary alicyclic amines) is 1. The Morgan fingerprint density at radius 2 is 2.19 bits per heavy atom. The van der Waals surface area contributed by atoms with Crippen LogP contribution in [0.2, 0.25) is 0 Å². The average molecular weight is 506 g/mol. The maximum atomic E-state index is 13.4. The Bertz CT molecular complexity index is 956. The number of Topliss-reactive ketones (excluding diaryl/α,β-unsaturated/α-hetero) is 1. The summed E-state index contributed by atoms with van der Waals surface area (Å²) in [6.07, 6.45) is 2.35. The van der Waals surface area contributed by atoms with Gasteiger partial charge in [0.2, 0.25) is 0 Å². The topological polar surface area (TPSA) is 117 Å². The second kappa shape index (κ2) is 9.60. The van der Waals surface area contributed by atoms with Crippen LogP contribution in [0.4, 0.5) is 4.79 Å². The molecule has 1 saturated carbocycles. The van der Waals surface area contributed by atoms with E-state index >= 15 is 0 Å². The van der Waals surface area contributed by atoms with Crippen LogP contribution in [0.25, 0.3) is 10.4 Å². The summed E-state index contributed by atoms with van der Waals surface area (Å²) in [6.45, 7) is 9.96. The largest absolute Gasteiger partial charge is 0.444 e. The number of nitrogens with zero attached hydrogens (tertiary/aromatic N) is 5. The standard InChI is InChI=1S/C22H28BrN5O4/c1-5-8-31-12-14-6-7-19(23)26-15(14)9-17(29)16-10-22(13-25-27-24)11-18(22)28(16)20(30)32-21(2,3)4/h5-7,16,18H,1,8-13H2,2-4H3/t16-,18?,22?/m0/s1. The third-order valence-electron chi connectivity index (χ3n) is 5.71. The Labute approximate surface area is 195 Å². The summed E-state index contributed by atoms with van der Waals surface area (Å²) in [7, 11) is 0. The maximum absolute atomic E-state index is 13.4. The molecule has 1 aromatic rings. The van der Waals surface area contributed by atoms with Crippen LogP contribution in [0.15, 0.2) is 34.5 Å². The number of amides is 1. The molecule has 3 atom stereocenters. The summed E-state index contributed by atoms with van der Waals surface area (Å²) in [5.74, 6) is -0.126. The van der Waals surface area contributed by atoms with Crippen LogP contribution in [0, 0.1) is 5.41 Å². The number of aromatic nitrogens is 1. The van der Waals surface area contributed by atoms with Gasteiger partial charge in [0, 0.05) is 22.9 Å². The van der Waals surface area contributed by atoms with E-state index in [1.165, 1.54) is 0 Å². The highest BCUT2D eigenvalue weighted by Crippen LogP contribution is 2.60. The fourth-order valence-electron chi connectivity index (χ4n) is 4.21. The highest BCUT2D eigenvalue weighted by atomic mass is 79.9. The Morgan fingerprint density at radius 3 is 2.84 bits per heavy atom. The number of pyridine rings is 1. The average Bonchev–Trinajstić information content (AvgIpc) is 3.30. The molecule has 1 aromatic heterocycles. The van der Waals surface area contributed by atoms with E-state index in [1.54, 1.807) is 37.8 Å². The molecule has 0 radical (unpaired) electrons. The third-order valence-corrected chi connectivity index (χ3v) is 6.15. The summed E-state index contributed by atoms with van der Waals surface area (Å²) < 4.78 is 11.7. The molecule has 2 aliphatic rings. The molecule has 0 bridgehead atoms. The first-order valence-electron chi connectivity index (χ1n) is 10.5. The quantitative estimate of drug-likeness (QED) is 0.120. The van der Waals surface area contributed by atoms with Crippen molar-refractivity contribution >= 4 is 27.8 Å². The van der Waals surface area contributed by atoms with Crippen LogP contribution in [-0.4, -0.2) is 52.6 Å². The minimum atomic E-state index is -0.683. The number of halogens is 1. The normalized spacial score (nSPS) is 23.8. The zero-order valence-electron chi connectivity index (χ0n) is 18.6. The lowest BCUT2D eigenvalue weighted by molar-refractivity contribution is -0.123. The van der Waals surface area contributed by atoms with Crippen molar-refractivity contribution in [3.8, 4) is 0 Å². The molecule has 1 aliphatic heterocycles. The molecule has 1 aliphatic carbocycles. The number of rotatable bonds is 9. The zero-order chi connectivity index (χ0) is 23.5. The summed E-state index contributed by atoms with van der Waals surface area (Å²) in [6, 6.07) is 2.85. The lowest BCUT2D eigenvalue weighted by Crippen LogP contribution is -2.46. The summed E-state index contributed by atoms with van der Waals surface area (Å²) in [5.41, 5.74) is 9.12. The van der Waals surface area contributed by atoms with Crippen molar-refractivity contribution in [3.05, 3.63) is 51.1 Å². The van der Waals surface area contributed by atoms with Crippen molar-refractivity contribution in [1.29, 1.82) is 0 Å². The highest BCUT2D eigenvalue weighted by Gasteiger charge is 2.67. The van der Waals surface area contributed by atoms with Gasteiger partial charge in [0.15, 0.2) is 5.78 Å². The van der Waals surface area contributed by atoms with E-state index in [9.17, 15) is 9.59 Å². The Kier molecular flexibility index (Phi) is 7.27. The van der Waals surface area contributed by atoms with Crippen molar-refractivity contribution in [2.24, 2.45) is 10.5 Å². The number of fused-ring (bicyclic) bond motifs is 1. The molecular formula is C22H28BrN5O4. The first-order chi connectivity index (χ1) is 15.1. The molecular weight excluding hydrogens is 478 g/mol. The molecule has 0 N–H and O–H groups in total. The number of carbonyl (C=O) groups excluding carboxylic acids is 2. The van der Waals surface area contributed by atoms with Crippen LogP contribution in [0.3, 0.4) is 0 Å². The van der Waals surface area contributed by atoms with E-state index in [0.717, 1.165) is 5.56 Å². The highest BCUT2D eigenvalue weighted by molar-refractivity contribution is 9.10. The predicted octanol–water partition coefficient (Wildman–Crippen LogP) is 4.74. The van der Waals surface area contributed by atoms with Gasteiger partial charge in [-0.2, -0.15) is 0 Å². The second-order valence-electron chi connectivity index (χ2n) is 9.27. The number of hydrogen-bond donors (Lipinski definition) is 0. The molecule has 10 heteroatoms. The van der Waals surface area contributed by atoms with E-state index in [0.29, 0.717) is 36.4 Å². The first-order valence-corrected chi connectivity index (χ1v) is 11.3. The lowest BCUT2D eigenvalue weighted by atomic mass is 9.95. The molecule has 2 heterocycles. The smallest absolute Gasteiger partial charge is 0.411 e. The molecule has 9 nitrogen and oxygen atoms in total. The Morgan fingerprint density at radius 1 is 1.44 bits per heavy atom. The van der Waals surface area contributed by atoms with Crippen molar-refractivity contribution in [2.45, 2.75) is 64.3 Å². The van der Waals surface area contributed by atoms with Crippen LogP contribution < -0.4 is 0 Å². The number of ketones is 1. The van der Waals surface area contributed by atoms with Crippen LogP contribution >= 0.6 is 15.9 Å². The Hall–Kier alpha value is -2.42. The summed E-state index contributed by atoms with van der Waals surface area (Å²) >= 11 is 3.36. The molecule has 32 heavy (non-hydrogen) atoms. The van der Waals surface area contributed by atoms with Crippen molar-refractivity contribution in [2.75, 3.05) is 13.2 Å². The minimum Gasteiger partial charge on any atom is -0.444 e. The van der Waals surface area contributed by atoms with Gasteiger partial charge >= 0.3 is 6.09 Å². The molecule has 0 spiro atoms. The molecule has 1 saturated heterocycles. The van der Waals surface area contributed by atoms with Crippen molar-refractivity contribution in [3.63, 3.8) is 0 Å². The zero-order valence-corrected chi connectivity index (χ0v) is 20.2. The lowest BCUT2D eigenvalue weighted by Gasteiger charge is -2.30. The van der Waals surface area contributed by atoms with Gasteiger partial charge in [0.05, 0.1) is 31.4 Å². The van der Waals surface area contributed by atoms with Gasteiger partial charge in [-0.1, -0.05) is 17.3 Å². The van der Waals surface area contributed by atoms with Crippen LogP contribution in [0.1, 0.15) is 44.9 Å². The van der Waals surface area contributed by atoms with Crippen LogP contribution in [0.5, 0.6) is 0 Å². The summed E-state index contributed by atoms with van der Waals surface area (Å²) in [4.78, 5) is 35.3. The number of azide groups is 1. The van der Waals surface area contributed by atoms with E-state index in [1.807, 2.05) is 6.07 Å². The molecule has 1 amide bonds. The monoisotopic (exact) mass is 505 g/mol. The van der Waals surface area contributed by atoms with Gasteiger partial charge in [-0.05, 0) is 66.7 Å². The van der Waals surface area contributed by atoms with Gasteiger partial charge in [-0.3, -0.25) is 9.69 Å². The van der Waals surface area contributed by atoms with Gasteiger partial charge in [-0.25, -0.2) is 9.78 Å².